The lowest BCUT2D eigenvalue weighted by Gasteiger charge is -2.04. The number of phenolic OH excluding ortho intramolecular Hbond substituents is 1. The van der Waals surface area contributed by atoms with Gasteiger partial charge >= 0.3 is 0 Å². The van der Waals surface area contributed by atoms with Gasteiger partial charge in [-0.25, -0.2) is 0 Å². The Morgan fingerprint density at radius 2 is 1.92 bits per heavy atom. The minimum atomic E-state index is 0.236. The van der Waals surface area contributed by atoms with Gasteiger partial charge in [0.15, 0.2) is 0 Å². The molecule has 0 amide bonds. The van der Waals surface area contributed by atoms with Gasteiger partial charge in [0.2, 0.25) is 0 Å². The smallest absolute Gasteiger partial charge is 0.139 e. The van der Waals surface area contributed by atoms with Crippen molar-refractivity contribution in [3.8, 4) is 11.4 Å². The normalized spacial score (nSPS) is 10.2. The molecule has 0 fully saturated rings. The lowest BCUT2D eigenvalue weighted by molar-refractivity contribution is 0.472. The van der Waals surface area contributed by atoms with E-state index in [1.54, 1.807) is 23.3 Å². The molecule has 1 N–H and O–H groups in total. The molecule has 4 nitrogen and oxygen atoms in total. The molecule has 0 unspecified atom stereocenters. The van der Waals surface area contributed by atoms with Crippen molar-refractivity contribution in [2.24, 2.45) is 0 Å². The average Bonchev–Trinajstić information content (AvgIpc) is 2.56. The maximum Gasteiger partial charge on any atom is 0.139 e. The summed E-state index contributed by atoms with van der Waals surface area (Å²) in [6, 6.07) is 5.46. The third-order valence-electron chi connectivity index (χ3n) is 1.83. The molecule has 0 saturated heterocycles. The van der Waals surface area contributed by atoms with Crippen molar-refractivity contribution in [1.29, 1.82) is 0 Å². The van der Waals surface area contributed by atoms with Gasteiger partial charge in [-0.05, 0) is 24.6 Å². The van der Waals surface area contributed by atoms with Crippen molar-refractivity contribution < 1.29 is 5.11 Å². The largest absolute Gasteiger partial charge is 0.506 e. The van der Waals surface area contributed by atoms with E-state index in [-0.39, 0.29) is 5.75 Å². The fraction of sp³-hybridized carbons (Fsp3) is 0.111. The molecule has 0 atom stereocenters. The highest BCUT2D eigenvalue weighted by Gasteiger charge is 2.02. The number of hydrogen-bond donors (Lipinski definition) is 1. The molecule has 0 aliphatic heterocycles. The fourth-order valence-electron chi connectivity index (χ4n) is 1.18. The Morgan fingerprint density at radius 1 is 1.23 bits per heavy atom. The standard InChI is InChI=1S/C9H9N3O/c1-7-2-3-8(9(13)4-7)12-5-10-11-6-12/h2-6,13H,1H3. The van der Waals surface area contributed by atoms with Crippen LogP contribution in [0.25, 0.3) is 5.69 Å². The van der Waals surface area contributed by atoms with E-state index in [1.807, 2.05) is 19.1 Å². The van der Waals surface area contributed by atoms with Crippen LogP contribution in [0.1, 0.15) is 5.56 Å². The number of phenols is 1. The van der Waals surface area contributed by atoms with Crippen LogP contribution in [-0.2, 0) is 0 Å². The van der Waals surface area contributed by atoms with Gasteiger partial charge in [-0.3, -0.25) is 4.57 Å². The van der Waals surface area contributed by atoms with E-state index in [0.717, 1.165) is 5.56 Å². The van der Waals surface area contributed by atoms with Crippen molar-refractivity contribution in [2.45, 2.75) is 6.92 Å². The Hall–Kier alpha value is -1.84. The van der Waals surface area contributed by atoms with Gasteiger partial charge in [0.05, 0.1) is 5.69 Å². The highest BCUT2D eigenvalue weighted by Crippen LogP contribution is 2.21. The number of nitrogens with zero attached hydrogens (tertiary/aromatic N) is 3. The van der Waals surface area contributed by atoms with Gasteiger partial charge in [-0.15, -0.1) is 10.2 Å². The SMILES string of the molecule is Cc1ccc(-n2cnnc2)c(O)c1. The van der Waals surface area contributed by atoms with Crippen molar-refractivity contribution in [3.63, 3.8) is 0 Å². The molecule has 2 aromatic rings. The lowest BCUT2D eigenvalue weighted by atomic mass is 10.2. The van der Waals surface area contributed by atoms with Crippen molar-refractivity contribution in [1.82, 2.24) is 14.8 Å². The lowest BCUT2D eigenvalue weighted by Crippen LogP contribution is -1.90. The Kier molecular flexibility index (Phi) is 1.73. The minimum absolute atomic E-state index is 0.236. The van der Waals surface area contributed by atoms with Crippen LogP contribution in [0.2, 0.25) is 0 Å². The van der Waals surface area contributed by atoms with Crippen LogP contribution in [-0.4, -0.2) is 19.9 Å². The molecule has 1 heterocycles. The Morgan fingerprint density at radius 3 is 2.54 bits per heavy atom. The molecule has 13 heavy (non-hydrogen) atoms. The molecule has 0 aliphatic rings. The second-order valence-electron chi connectivity index (χ2n) is 2.86. The van der Waals surface area contributed by atoms with E-state index in [9.17, 15) is 5.11 Å². The van der Waals surface area contributed by atoms with Gasteiger partial charge in [0, 0.05) is 0 Å². The summed E-state index contributed by atoms with van der Waals surface area (Å²) in [5.41, 5.74) is 1.71. The molecule has 4 heteroatoms. The van der Waals surface area contributed by atoms with Crippen molar-refractivity contribution in [2.75, 3.05) is 0 Å². The van der Waals surface area contributed by atoms with Crippen molar-refractivity contribution >= 4 is 0 Å². The number of aromatic nitrogens is 3. The van der Waals surface area contributed by atoms with Crippen molar-refractivity contribution in [3.05, 3.63) is 36.4 Å². The van der Waals surface area contributed by atoms with Gasteiger partial charge in [-0.2, -0.15) is 0 Å². The zero-order chi connectivity index (χ0) is 9.26. The van der Waals surface area contributed by atoms with E-state index in [2.05, 4.69) is 10.2 Å². The van der Waals surface area contributed by atoms with Gasteiger partial charge in [-0.1, -0.05) is 6.07 Å². The molecule has 0 spiro atoms. The van der Waals surface area contributed by atoms with E-state index >= 15 is 0 Å². The number of aromatic hydroxyl groups is 1. The highest BCUT2D eigenvalue weighted by atomic mass is 16.3. The van der Waals surface area contributed by atoms with Crippen LogP contribution in [0.15, 0.2) is 30.9 Å². The topological polar surface area (TPSA) is 50.9 Å². The predicted octanol–water partition coefficient (Wildman–Crippen LogP) is 1.28. The predicted molar refractivity (Wildman–Crippen MR) is 47.8 cm³/mol. The second-order valence-corrected chi connectivity index (χ2v) is 2.86. The molecule has 0 radical (unpaired) electrons. The van der Waals surface area contributed by atoms with Crippen LogP contribution in [0.3, 0.4) is 0 Å². The number of benzene rings is 1. The maximum atomic E-state index is 9.59. The van der Waals surface area contributed by atoms with E-state index in [1.165, 1.54) is 0 Å². The molecule has 0 saturated carbocycles. The number of aryl methyl sites for hydroxylation is 1. The van der Waals surface area contributed by atoms with Crippen LogP contribution < -0.4 is 0 Å². The summed E-state index contributed by atoms with van der Waals surface area (Å²) in [5, 5.41) is 16.9. The summed E-state index contributed by atoms with van der Waals surface area (Å²) in [7, 11) is 0. The summed E-state index contributed by atoms with van der Waals surface area (Å²) in [6.45, 7) is 1.93. The molecular weight excluding hydrogens is 166 g/mol. The minimum Gasteiger partial charge on any atom is -0.506 e. The first-order valence-electron chi connectivity index (χ1n) is 3.92. The average molecular weight is 175 g/mol. The zero-order valence-corrected chi connectivity index (χ0v) is 7.18. The maximum absolute atomic E-state index is 9.59. The molecule has 0 aliphatic carbocycles. The molecule has 1 aromatic carbocycles. The molecule has 2 rings (SSSR count). The number of hydrogen-bond acceptors (Lipinski definition) is 3. The molecule has 66 valence electrons. The van der Waals surface area contributed by atoms with Crippen LogP contribution in [0.4, 0.5) is 0 Å². The summed E-state index contributed by atoms with van der Waals surface area (Å²) >= 11 is 0. The Balaban J connectivity index is 2.53. The van der Waals surface area contributed by atoms with E-state index in [0.29, 0.717) is 5.69 Å². The summed E-state index contributed by atoms with van der Waals surface area (Å²) in [6.07, 6.45) is 3.09. The summed E-state index contributed by atoms with van der Waals surface area (Å²) in [5.74, 6) is 0.236. The molecular formula is C9H9N3O. The monoisotopic (exact) mass is 175 g/mol. The Labute approximate surface area is 75.5 Å². The van der Waals surface area contributed by atoms with Gasteiger partial charge < -0.3 is 5.11 Å². The number of rotatable bonds is 1. The quantitative estimate of drug-likeness (QED) is 0.710. The first-order chi connectivity index (χ1) is 6.27. The summed E-state index contributed by atoms with van der Waals surface area (Å²) < 4.78 is 1.66. The van der Waals surface area contributed by atoms with Gasteiger partial charge in [0.1, 0.15) is 18.4 Å². The third kappa shape index (κ3) is 1.38. The van der Waals surface area contributed by atoms with Crippen LogP contribution >= 0.6 is 0 Å². The van der Waals surface area contributed by atoms with Crippen LogP contribution in [0.5, 0.6) is 5.75 Å². The first-order valence-corrected chi connectivity index (χ1v) is 3.92. The Bertz CT molecular complexity index is 409. The molecule has 1 aromatic heterocycles. The zero-order valence-electron chi connectivity index (χ0n) is 7.18. The first kappa shape index (κ1) is 7.79. The fourth-order valence-corrected chi connectivity index (χ4v) is 1.18. The highest BCUT2D eigenvalue weighted by molar-refractivity contribution is 5.47. The second kappa shape index (κ2) is 2.90. The third-order valence-corrected chi connectivity index (χ3v) is 1.83. The van der Waals surface area contributed by atoms with Crippen LogP contribution in [0, 0.1) is 6.92 Å². The molecule has 0 bridgehead atoms. The van der Waals surface area contributed by atoms with E-state index < -0.39 is 0 Å². The summed E-state index contributed by atoms with van der Waals surface area (Å²) in [4.78, 5) is 0. The van der Waals surface area contributed by atoms with E-state index in [4.69, 9.17) is 0 Å². The van der Waals surface area contributed by atoms with Gasteiger partial charge in [0.25, 0.3) is 0 Å².